The summed E-state index contributed by atoms with van der Waals surface area (Å²) in [5, 5.41) is 0.327. The quantitative estimate of drug-likeness (QED) is 0.897. The minimum absolute atomic E-state index is 0.257. The van der Waals surface area contributed by atoms with Crippen LogP contribution in [0.1, 0.15) is 18.0 Å². The monoisotopic (exact) mass is 253 g/mol. The van der Waals surface area contributed by atoms with Crippen LogP contribution in [0.15, 0.2) is 18.2 Å². The van der Waals surface area contributed by atoms with Gasteiger partial charge in [0.15, 0.2) is 0 Å². The number of rotatable bonds is 3. The average Bonchev–Trinajstić information content (AvgIpc) is 2.15. The first-order valence-electron chi connectivity index (χ1n) is 4.49. The van der Waals surface area contributed by atoms with Gasteiger partial charge in [-0.05, 0) is 18.2 Å². The van der Waals surface area contributed by atoms with Crippen LogP contribution in [0.4, 0.5) is 13.2 Å². The molecule has 0 aromatic heterocycles. The second-order valence-electron chi connectivity index (χ2n) is 3.31. The van der Waals surface area contributed by atoms with Crippen molar-refractivity contribution in [2.24, 2.45) is 5.73 Å². The molecule has 0 aliphatic heterocycles. The maximum absolute atomic E-state index is 12.2. The summed E-state index contributed by atoms with van der Waals surface area (Å²) in [6.07, 6.45) is -5.42. The predicted octanol–water partition coefficient (Wildman–Crippen LogP) is 3.30. The molecule has 0 radical (unpaired) electrons. The Labute approximate surface area is 96.1 Å². The molecule has 0 bridgehead atoms. The van der Waals surface area contributed by atoms with Crippen molar-refractivity contribution in [3.8, 4) is 5.75 Å². The van der Waals surface area contributed by atoms with Crippen LogP contribution in [0.2, 0.25) is 5.02 Å². The molecule has 0 amide bonds. The van der Waals surface area contributed by atoms with Crippen LogP contribution in [-0.2, 0) is 0 Å². The molecule has 1 aromatic rings. The third-order valence-corrected chi connectivity index (χ3v) is 2.28. The molecule has 0 aliphatic carbocycles. The zero-order chi connectivity index (χ0) is 12.3. The molecule has 1 atom stereocenters. The van der Waals surface area contributed by atoms with Gasteiger partial charge in [0, 0.05) is 16.6 Å². The standard InChI is InChI=1S/C10H11ClF3NO/c1-16-9-3-2-6(11)4-7(9)8(15)5-10(12,13)14/h2-4,8H,5,15H2,1H3/t8-/m0/s1. The summed E-state index contributed by atoms with van der Waals surface area (Å²) >= 11 is 5.70. The molecule has 0 fully saturated rings. The highest BCUT2D eigenvalue weighted by Gasteiger charge is 2.32. The van der Waals surface area contributed by atoms with Crippen molar-refractivity contribution in [2.45, 2.75) is 18.6 Å². The molecular weight excluding hydrogens is 243 g/mol. The van der Waals surface area contributed by atoms with Gasteiger partial charge < -0.3 is 10.5 Å². The number of hydrogen-bond acceptors (Lipinski definition) is 2. The van der Waals surface area contributed by atoms with Gasteiger partial charge in [-0.25, -0.2) is 0 Å². The lowest BCUT2D eigenvalue weighted by Gasteiger charge is -2.17. The van der Waals surface area contributed by atoms with E-state index >= 15 is 0 Å². The molecule has 0 aliphatic rings. The normalized spacial score (nSPS) is 13.6. The Morgan fingerprint density at radius 1 is 1.44 bits per heavy atom. The number of halogens is 4. The van der Waals surface area contributed by atoms with E-state index in [4.69, 9.17) is 22.1 Å². The SMILES string of the molecule is COc1ccc(Cl)cc1[C@@H](N)CC(F)(F)F. The van der Waals surface area contributed by atoms with E-state index in [2.05, 4.69) is 0 Å². The zero-order valence-electron chi connectivity index (χ0n) is 8.51. The number of nitrogens with two attached hydrogens (primary N) is 1. The van der Waals surface area contributed by atoms with Crippen molar-refractivity contribution in [1.29, 1.82) is 0 Å². The van der Waals surface area contributed by atoms with Gasteiger partial charge in [0.05, 0.1) is 13.5 Å². The highest BCUT2D eigenvalue weighted by atomic mass is 35.5. The first-order chi connectivity index (χ1) is 7.33. The lowest BCUT2D eigenvalue weighted by atomic mass is 10.0. The smallest absolute Gasteiger partial charge is 0.390 e. The Kier molecular flexibility index (Phi) is 4.04. The first-order valence-corrected chi connectivity index (χ1v) is 4.87. The molecule has 1 rings (SSSR count). The Hall–Kier alpha value is -0.940. The summed E-state index contributed by atoms with van der Waals surface area (Å²) in [5.74, 6) is 0.307. The van der Waals surface area contributed by atoms with Gasteiger partial charge >= 0.3 is 6.18 Å². The van der Waals surface area contributed by atoms with Gasteiger partial charge in [-0.2, -0.15) is 13.2 Å². The van der Waals surface area contributed by atoms with Crippen LogP contribution in [0.25, 0.3) is 0 Å². The Bertz CT molecular complexity index is 368. The second kappa shape index (κ2) is 4.93. The van der Waals surface area contributed by atoms with Crippen LogP contribution >= 0.6 is 11.6 Å². The van der Waals surface area contributed by atoms with Crippen LogP contribution in [0, 0.1) is 0 Å². The van der Waals surface area contributed by atoms with E-state index in [1.807, 2.05) is 0 Å². The van der Waals surface area contributed by atoms with E-state index in [9.17, 15) is 13.2 Å². The van der Waals surface area contributed by atoms with E-state index in [0.29, 0.717) is 10.8 Å². The van der Waals surface area contributed by atoms with Crippen molar-refractivity contribution in [2.75, 3.05) is 7.11 Å². The molecule has 6 heteroatoms. The number of hydrogen-bond donors (Lipinski definition) is 1. The Balaban J connectivity index is 2.97. The largest absolute Gasteiger partial charge is 0.496 e. The number of methoxy groups -OCH3 is 1. The zero-order valence-corrected chi connectivity index (χ0v) is 9.27. The van der Waals surface area contributed by atoms with Gasteiger partial charge in [0.25, 0.3) is 0 Å². The fraction of sp³-hybridized carbons (Fsp3) is 0.400. The summed E-state index contributed by atoms with van der Waals surface area (Å²) < 4.78 is 41.5. The number of ether oxygens (including phenoxy) is 1. The second-order valence-corrected chi connectivity index (χ2v) is 3.75. The van der Waals surface area contributed by atoms with E-state index in [-0.39, 0.29) is 5.56 Å². The fourth-order valence-electron chi connectivity index (χ4n) is 1.35. The highest BCUT2D eigenvalue weighted by Crippen LogP contribution is 2.33. The Morgan fingerprint density at radius 3 is 2.56 bits per heavy atom. The molecule has 0 unspecified atom stereocenters. The van der Waals surface area contributed by atoms with Crippen LogP contribution in [-0.4, -0.2) is 13.3 Å². The van der Waals surface area contributed by atoms with Gasteiger partial charge in [-0.1, -0.05) is 11.6 Å². The van der Waals surface area contributed by atoms with Gasteiger partial charge in [-0.15, -0.1) is 0 Å². The molecule has 2 N–H and O–H groups in total. The van der Waals surface area contributed by atoms with Crippen LogP contribution in [0.3, 0.4) is 0 Å². The van der Waals surface area contributed by atoms with E-state index in [0.717, 1.165) is 0 Å². The van der Waals surface area contributed by atoms with Gasteiger partial charge in [0.1, 0.15) is 5.75 Å². The van der Waals surface area contributed by atoms with Crippen molar-refractivity contribution >= 4 is 11.6 Å². The van der Waals surface area contributed by atoms with Crippen molar-refractivity contribution in [3.05, 3.63) is 28.8 Å². The van der Waals surface area contributed by atoms with Crippen molar-refractivity contribution in [3.63, 3.8) is 0 Å². The molecular formula is C10H11ClF3NO. The maximum atomic E-state index is 12.2. The fourth-order valence-corrected chi connectivity index (χ4v) is 1.53. The summed E-state index contributed by atoms with van der Waals surface area (Å²) in [6.45, 7) is 0. The third-order valence-electron chi connectivity index (χ3n) is 2.04. The molecule has 2 nitrogen and oxygen atoms in total. The predicted molar refractivity (Wildman–Crippen MR) is 55.6 cm³/mol. The Morgan fingerprint density at radius 2 is 2.06 bits per heavy atom. The van der Waals surface area contributed by atoms with Crippen LogP contribution < -0.4 is 10.5 Å². The van der Waals surface area contributed by atoms with E-state index in [1.165, 1.54) is 25.3 Å². The maximum Gasteiger partial charge on any atom is 0.390 e. The third kappa shape index (κ3) is 3.57. The molecule has 0 heterocycles. The average molecular weight is 254 g/mol. The van der Waals surface area contributed by atoms with Crippen LogP contribution in [0.5, 0.6) is 5.75 Å². The summed E-state index contributed by atoms with van der Waals surface area (Å²) in [6, 6.07) is 3.24. The van der Waals surface area contributed by atoms with E-state index < -0.39 is 18.6 Å². The summed E-state index contributed by atoms with van der Waals surface area (Å²) in [4.78, 5) is 0. The molecule has 0 saturated heterocycles. The summed E-state index contributed by atoms with van der Waals surface area (Å²) in [5.41, 5.74) is 5.72. The first kappa shape index (κ1) is 13.1. The lowest BCUT2D eigenvalue weighted by molar-refractivity contribution is -0.138. The van der Waals surface area contributed by atoms with Gasteiger partial charge in [0.2, 0.25) is 0 Å². The molecule has 1 aromatic carbocycles. The minimum Gasteiger partial charge on any atom is -0.496 e. The minimum atomic E-state index is -4.31. The molecule has 90 valence electrons. The molecule has 0 spiro atoms. The number of benzene rings is 1. The highest BCUT2D eigenvalue weighted by molar-refractivity contribution is 6.30. The van der Waals surface area contributed by atoms with E-state index in [1.54, 1.807) is 0 Å². The summed E-state index contributed by atoms with van der Waals surface area (Å²) in [7, 11) is 1.37. The topological polar surface area (TPSA) is 35.2 Å². The van der Waals surface area contributed by atoms with Crippen molar-refractivity contribution < 1.29 is 17.9 Å². The number of alkyl halides is 3. The molecule has 0 saturated carbocycles. The van der Waals surface area contributed by atoms with Gasteiger partial charge in [-0.3, -0.25) is 0 Å². The van der Waals surface area contributed by atoms with Crippen molar-refractivity contribution in [1.82, 2.24) is 0 Å². The molecule has 16 heavy (non-hydrogen) atoms. The lowest BCUT2D eigenvalue weighted by Crippen LogP contribution is -2.20.